The Morgan fingerprint density at radius 1 is 1.29 bits per heavy atom. The highest BCUT2D eigenvalue weighted by Crippen LogP contribution is 2.49. The number of hydrogen-bond acceptors (Lipinski definition) is 3. The van der Waals surface area contributed by atoms with Gasteiger partial charge in [0.1, 0.15) is 11.6 Å². The monoisotopic (exact) mass is 365 g/mol. The van der Waals surface area contributed by atoms with Crippen LogP contribution in [0.1, 0.15) is 19.3 Å². The second-order valence-electron chi connectivity index (χ2n) is 6.93. The van der Waals surface area contributed by atoms with Gasteiger partial charge in [-0.05, 0) is 63.5 Å². The minimum atomic E-state index is -0.220. The highest BCUT2D eigenvalue weighted by atomic mass is 35.5. The van der Waals surface area contributed by atoms with E-state index in [4.69, 9.17) is 16.3 Å². The minimum Gasteiger partial charge on any atom is -0.464 e. The second-order valence-corrected chi connectivity index (χ2v) is 8.60. The molecule has 0 saturated carbocycles. The lowest BCUT2D eigenvalue weighted by molar-refractivity contribution is 0.184. The molecule has 1 fully saturated rings. The average molecular weight is 366 g/mol. The molecule has 1 saturated heterocycles. The molecule has 0 spiro atoms. The molecule has 0 radical (unpaired) electrons. The van der Waals surface area contributed by atoms with Crippen molar-refractivity contribution in [2.45, 2.75) is 24.5 Å². The molecule has 2 unspecified atom stereocenters. The zero-order chi connectivity index (χ0) is 16.7. The second kappa shape index (κ2) is 6.74. The third kappa shape index (κ3) is 3.24. The minimum absolute atomic E-state index is 0.121. The summed E-state index contributed by atoms with van der Waals surface area (Å²) in [5.74, 6) is 1.67. The SMILES string of the molecule is CN1CCC(C2CC(Cl)=CC3=C2SC2C=CC(F)=CC2=CO3)CC1. The number of nitrogens with zero attached hydrogens (tertiary/aromatic N) is 1. The lowest BCUT2D eigenvalue weighted by Crippen LogP contribution is -2.34. The van der Waals surface area contributed by atoms with E-state index in [-0.39, 0.29) is 11.1 Å². The molecule has 2 heterocycles. The van der Waals surface area contributed by atoms with Crippen LogP contribution in [0.2, 0.25) is 0 Å². The number of hydrogen-bond donors (Lipinski definition) is 0. The van der Waals surface area contributed by atoms with Gasteiger partial charge < -0.3 is 9.64 Å². The molecule has 0 bridgehead atoms. The van der Waals surface area contributed by atoms with Gasteiger partial charge in [-0.25, -0.2) is 4.39 Å². The van der Waals surface area contributed by atoms with Crippen molar-refractivity contribution in [1.82, 2.24) is 4.90 Å². The number of thioether (sulfide) groups is 1. The third-order valence-electron chi connectivity index (χ3n) is 5.25. The molecule has 4 rings (SSSR count). The van der Waals surface area contributed by atoms with Gasteiger partial charge in [-0.15, -0.1) is 11.8 Å². The molecule has 4 aliphatic rings. The Kier molecular flexibility index (Phi) is 4.63. The van der Waals surface area contributed by atoms with Gasteiger partial charge in [-0.2, -0.15) is 0 Å². The molecule has 2 nitrogen and oxygen atoms in total. The van der Waals surface area contributed by atoms with Gasteiger partial charge >= 0.3 is 0 Å². The molecule has 0 N–H and O–H groups in total. The van der Waals surface area contributed by atoms with Crippen molar-refractivity contribution in [2.75, 3.05) is 20.1 Å². The fraction of sp³-hybridized carbons (Fsp3) is 0.474. The Morgan fingerprint density at radius 2 is 2.08 bits per heavy atom. The maximum atomic E-state index is 13.5. The van der Waals surface area contributed by atoms with Gasteiger partial charge in [0.15, 0.2) is 0 Å². The number of allylic oxidation sites excluding steroid dienone is 6. The normalized spacial score (nSPS) is 31.4. The lowest BCUT2D eigenvalue weighted by Gasteiger charge is -2.37. The van der Waals surface area contributed by atoms with Gasteiger partial charge in [-0.3, -0.25) is 0 Å². The maximum Gasteiger partial charge on any atom is 0.137 e. The third-order valence-corrected chi connectivity index (χ3v) is 6.96. The van der Waals surface area contributed by atoms with E-state index in [1.54, 1.807) is 30.2 Å². The van der Waals surface area contributed by atoms with Crippen molar-refractivity contribution in [1.29, 1.82) is 0 Å². The van der Waals surface area contributed by atoms with Crippen LogP contribution in [0, 0.1) is 11.8 Å². The first-order valence-corrected chi connectivity index (χ1v) is 9.73. The van der Waals surface area contributed by atoms with E-state index in [0.717, 1.165) is 35.9 Å². The Morgan fingerprint density at radius 3 is 2.88 bits per heavy atom. The van der Waals surface area contributed by atoms with Crippen LogP contribution in [0.15, 0.2) is 57.7 Å². The smallest absolute Gasteiger partial charge is 0.137 e. The van der Waals surface area contributed by atoms with Crippen LogP contribution in [-0.2, 0) is 4.74 Å². The first kappa shape index (κ1) is 16.5. The van der Waals surface area contributed by atoms with Crippen molar-refractivity contribution in [3.63, 3.8) is 0 Å². The number of rotatable bonds is 1. The summed E-state index contributed by atoms with van der Waals surface area (Å²) in [6, 6.07) is 0. The first-order chi connectivity index (χ1) is 11.6. The van der Waals surface area contributed by atoms with Crippen molar-refractivity contribution in [2.24, 2.45) is 11.8 Å². The summed E-state index contributed by atoms with van der Waals surface area (Å²) in [7, 11) is 2.18. The summed E-state index contributed by atoms with van der Waals surface area (Å²) in [6.07, 6.45) is 11.9. The van der Waals surface area contributed by atoms with Gasteiger partial charge in [0, 0.05) is 21.4 Å². The first-order valence-electron chi connectivity index (χ1n) is 8.47. The van der Waals surface area contributed by atoms with Gasteiger partial charge in [-0.1, -0.05) is 17.7 Å². The van der Waals surface area contributed by atoms with E-state index in [0.29, 0.717) is 11.8 Å². The molecular weight excluding hydrogens is 345 g/mol. The molecule has 0 amide bonds. The largest absolute Gasteiger partial charge is 0.464 e. The van der Waals surface area contributed by atoms with E-state index in [9.17, 15) is 4.39 Å². The van der Waals surface area contributed by atoms with Crippen LogP contribution in [0.25, 0.3) is 0 Å². The number of likely N-dealkylation sites (tertiary alicyclic amines) is 1. The van der Waals surface area contributed by atoms with Gasteiger partial charge in [0.2, 0.25) is 0 Å². The summed E-state index contributed by atoms with van der Waals surface area (Å²) >= 11 is 8.23. The molecule has 0 aromatic carbocycles. The lowest BCUT2D eigenvalue weighted by atomic mass is 9.80. The Labute approximate surface area is 151 Å². The highest BCUT2D eigenvalue weighted by Gasteiger charge is 2.36. The predicted octanol–water partition coefficient (Wildman–Crippen LogP) is 5.12. The number of piperidine rings is 1. The van der Waals surface area contributed by atoms with E-state index < -0.39 is 0 Å². The topological polar surface area (TPSA) is 12.5 Å². The standard InChI is InChI=1S/C19H21ClFNOS/c1-22-6-4-12(5-7-22)16-9-14(20)10-17-19(16)24-18-3-2-15(21)8-13(18)11-23-17/h2-3,8,10-12,16,18H,4-7,9H2,1H3. The van der Waals surface area contributed by atoms with Crippen molar-refractivity contribution in [3.8, 4) is 0 Å². The van der Waals surface area contributed by atoms with Crippen LogP contribution in [-0.4, -0.2) is 30.3 Å². The van der Waals surface area contributed by atoms with Crippen LogP contribution in [0.3, 0.4) is 0 Å². The summed E-state index contributed by atoms with van der Waals surface area (Å²) in [6.45, 7) is 2.27. The highest BCUT2D eigenvalue weighted by molar-refractivity contribution is 8.04. The molecular formula is C19H21ClFNOS. The number of fused-ring (bicyclic) bond motifs is 1. The van der Waals surface area contributed by atoms with E-state index in [1.165, 1.54) is 17.7 Å². The molecule has 2 aliphatic heterocycles. The summed E-state index contributed by atoms with van der Waals surface area (Å²) in [4.78, 5) is 3.67. The van der Waals surface area contributed by atoms with Crippen molar-refractivity contribution in [3.05, 3.63) is 57.7 Å². The Balaban J connectivity index is 1.62. The molecule has 128 valence electrons. The van der Waals surface area contributed by atoms with Gasteiger partial charge in [0.05, 0.1) is 11.5 Å². The Hall–Kier alpha value is -0.970. The summed E-state index contributed by atoms with van der Waals surface area (Å²) in [5, 5.41) is 0.981. The zero-order valence-electron chi connectivity index (χ0n) is 13.7. The van der Waals surface area contributed by atoms with Gasteiger partial charge in [0.25, 0.3) is 0 Å². The Bertz CT molecular complexity index is 685. The fourth-order valence-corrected chi connectivity index (χ4v) is 5.49. The van der Waals surface area contributed by atoms with Crippen LogP contribution in [0.4, 0.5) is 4.39 Å². The van der Waals surface area contributed by atoms with E-state index in [1.807, 2.05) is 12.2 Å². The zero-order valence-corrected chi connectivity index (χ0v) is 15.2. The summed E-state index contributed by atoms with van der Waals surface area (Å²) < 4.78 is 19.5. The molecule has 2 atom stereocenters. The average Bonchev–Trinajstić information content (AvgIpc) is 2.74. The molecule has 5 heteroatoms. The molecule has 0 aromatic heterocycles. The van der Waals surface area contributed by atoms with Crippen molar-refractivity contribution < 1.29 is 9.13 Å². The fourth-order valence-electron chi connectivity index (χ4n) is 3.86. The predicted molar refractivity (Wildman–Crippen MR) is 98.2 cm³/mol. The quantitative estimate of drug-likeness (QED) is 0.639. The molecule has 2 aliphatic carbocycles. The van der Waals surface area contributed by atoms with E-state index in [2.05, 4.69) is 11.9 Å². The van der Waals surface area contributed by atoms with E-state index >= 15 is 0 Å². The molecule has 24 heavy (non-hydrogen) atoms. The maximum absolute atomic E-state index is 13.5. The van der Waals surface area contributed by atoms with Crippen molar-refractivity contribution >= 4 is 23.4 Å². The molecule has 0 aromatic rings. The van der Waals surface area contributed by atoms with Crippen LogP contribution in [0.5, 0.6) is 0 Å². The van der Waals surface area contributed by atoms with Crippen LogP contribution >= 0.6 is 23.4 Å². The number of halogens is 2. The number of ether oxygens (including phenoxy) is 1. The van der Waals surface area contributed by atoms with Crippen LogP contribution < -0.4 is 0 Å². The summed E-state index contributed by atoms with van der Waals surface area (Å²) in [5.41, 5.74) is 0.876.